The zero-order valence-electron chi connectivity index (χ0n) is 13.9. The van der Waals surface area contributed by atoms with Crippen LogP contribution in [-0.4, -0.2) is 29.8 Å². The minimum Gasteiger partial charge on any atom is -0.459 e. The number of urea groups is 1. The molecular formula is C17H15ClN4O5. The molecule has 1 aliphatic rings. The first-order valence-electron chi connectivity index (χ1n) is 7.98. The molecule has 0 radical (unpaired) electrons. The van der Waals surface area contributed by atoms with Crippen LogP contribution in [0.1, 0.15) is 23.4 Å². The summed E-state index contributed by atoms with van der Waals surface area (Å²) in [7, 11) is 0. The molecule has 10 heteroatoms. The van der Waals surface area contributed by atoms with Gasteiger partial charge in [0.25, 0.3) is 5.91 Å². The second kappa shape index (κ2) is 7.92. The van der Waals surface area contributed by atoms with Gasteiger partial charge >= 0.3 is 6.03 Å². The molecule has 1 aromatic heterocycles. The lowest BCUT2D eigenvalue weighted by Gasteiger charge is -2.22. The van der Waals surface area contributed by atoms with E-state index in [0.717, 1.165) is 0 Å². The molecule has 0 bridgehead atoms. The number of benzene rings is 1. The Morgan fingerprint density at radius 1 is 1.19 bits per heavy atom. The molecule has 1 aromatic carbocycles. The van der Waals surface area contributed by atoms with Gasteiger partial charge in [-0.3, -0.25) is 19.7 Å². The fourth-order valence-corrected chi connectivity index (χ4v) is 2.67. The molecule has 2 aromatic rings. The Hall–Kier alpha value is -3.33. The Morgan fingerprint density at radius 2 is 2.00 bits per heavy atom. The largest absolute Gasteiger partial charge is 0.459 e. The summed E-state index contributed by atoms with van der Waals surface area (Å²) in [6.07, 6.45) is 1.77. The predicted octanol–water partition coefficient (Wildman–Crippen LogP) is 2.11. The smallest absolute Gasteiger partial charge is 0.319 e. The maximum atomic E-state index is 12.0. The summed E-state index contributed by atoms with van der Waals surface area (Å²) < 4.78 is 5.00. The molecule has 0 aliphatic carbocycles. The van der Waals surface area contributed by atoms with Crippen molar-refractivity contribution in [3.63, 3.8) is 0 Å². The van der Waals surface area contributed by atoms with Crippen molar-refractivity contribution in [2.24, 2.45) is 0 Å². The van der Waals surface area contributed by atoms with Crippen molar-refractivity contribution < 1.29 is 23.6 Å². The third-order valence-electron chi connectivity index (χ3n) is 3.76. The van der Waals surface area contributed by atoms with E-state index in [1.54, 1.807) is 6.07 Å². The Morgan fingerprint density at radius 3 is 2.67 bits per heavy atom. The van der Waals surface area contributed by atoms with Gasteiger partial charge in [-0.1, -0.05) is 11.6 Å². The number of imide groups is 1. The Labute approximate surface area is 158 Å². The first-order valence-corrected chi connectivity index (χ1v) is 8.36. The van der Waals surface area contributed by atoms with E-state index in [1.165, 1.54) is 30.5 Å². The Balaban J connectivity index is 1.58. The molecule has 4 N–H and O–H groups in total. The number of piperidine rings is 1. The van der Waals surface area contributed by atoms with Gasteiger partial charge in [-0.15, -0.1) is 0 Å². The average molecular weight is 391 g/mol. The summed E-state index contributed by atoms with van der Waals surface area (Å²) in [6.45, 7) is 0. The highest BCUT2D eigenvalue weighted by molar-refractivity contribution is 6.34. The first-order chi connectivity index (χ1) is 12.9. The summed E-state index contributed by atoms with van der Waals surface area (Å²) in [4.78, 5) is 46.7. The van der Waals surface area contributed by atoms with Gasteiger partial charge in [-0.25, -0.2) is 4.79 Å². The molecular weight excluding hydrogens is 376 g/mol. The van der Waals surface area contributed by atoms with Crippen LogP contribution in [-0.2, 0) is 9.59 Å². The van der Waals surface area contributed by atoms with Crippen molar-refractivity contribution in [3.05, 3.63) is 47.4 Å². The van der Waals surface area contributed by atoms with Gasteiger partial charge in [0, 0.05) is 12.1 Å². The molecule has 0 saturated carbocycles. The molecule has 2 heterocycles. The Kier molecular flexibility index (Phi) is 5.41. The van der Waals surface area contributed by atoms with Gasteiger partial charge in [0.2, 0.25) is 11.8 Å². The van der Waals surface area contributed by atoms with Crippen molar-refractivity contribution in [1.29, 1.82) is 0 Å². The van der Waals surface area contributed by atoms with Crippen LogP contribution in [0.4, 0.5) is 16.2 Å². The molecule has 1 saturated heterocycles. The molecule has 5 amide bonds. The number of hydrogen-bond acceptors (Lipinski definition) is 5. The van der Waals surface area contributed by atoms with Crippen molar-refractivity contribution in [2.75, 3.05) is 10.6 Å². The summed E-state index contributed by atoms with van der Waals surface area (Å²) in [5.41, 5.74) is 0.704. The molecule has 0 spiro atoms. The van der Waals surface area contributed by atoms with Crippen molar-refractivity contribution in [1.82, 2.24) is 10.6 Å². The third-order valence-corrected chi connectivity index (χ3v) is 4.08. The number of carbonyl (C=O) groups is 4. The maximum absolute atomic E-state index is 12.0. The molecule has 3 rings (SSSR count). The molecule has 1 fully saturated rings. The van der Waals surface area contributed by atoms with Gasteiger partial charge in [0.1, 0.15) is 6.04 Å². The van der Waals surface area contributed by atoms with Crippen molar-refractivity contribution in [3.8, 4) is 0 Å². The van der Waals surface area contributed by atoms with Crippen LogP contribution in [0.15, 0.2) is 41.0 Å². The Bertz CT molecular complexity index is 897. The van der Waals surface area contributed by atoms with Crippen LogP contribution >= 0.6 is 11.6 Å². The number of nitrogens with one attached hydrogen (secondary N) is 4. The van der Waals surface area contributed by atoms with E-state index < -0.39 is 23.9 Å². The lowest BCUT2D eigenvalue weighted by Crippen LogP contribution is -2.53. The standard InChI is InChI=1S/C17H15ClN4O5/c18-10-8-9(3-4-11(10)20-16(25)13-2-1-7-27-13)19-17(26)21-12-5-6-14(23)22-15(12)24/h1-4,7-8,12H,5-6H2,(H,20,25)(H2,19,21,26)(H,22,23,24). The minimum absolute atomic E-state index is 0.136. The zero-order valence-corrected chi connectivity index (χ0v) is 14.6. The number of rotatable bonds is 4. The average Bonchev–Trinajstić information content (AvgIpc) is 3.14. The monoisotopic (exact) mass is 390 g/mol. The third kappa shape index (κ3) is 4.64. The molecule has 1 atom stereocenters. The lowest BCUT2D eigenvalue weighted by atomic mass is 10.1. The first kappa shape index (κ1) is 18.5. The van der Waals surface area contributed by atoms with Crippen molar-refractivity contribution >= 4 is 46.7 Å². The minimum atomic E-state index is -0.787. The highest BCUT2D eigenvalue weighted by Gasteiger charge is 2.27. The number of anilines is 2. The molecule has 1 aliphatic heterocycles. The van der Waals surface area contributed by atoms with Gasteiger partial charge in [0.15, 0.2) is 5.76 Å². The fraction of sp³-hybridized carbons (Fsp3) is 0.176. The topological polar surface area (TPSA) is 130 Å². The second-order valence-electron chi connectivity index (χ2n) is 5.73. The van der Waals surface area contributed by atoms with Crippen molar-refractivity contribution in [2.45, 2.75) is 18.9 Å². The van der Waals surface area contributed by atoms with E-state index in [2.05, 4.69) is 21.3 Å². The van der Waals surface area contributed by atoms with E-state index in [0.29, 0.717) is 11.4 Å². The molecule has 1 unspecified atom stereocenters. The second-order valence-corrected chi connectivity index (χ2v) is 6.14. The van der Waals surface area contributed by atoms with Gasteiger partial charge in [-0.2, -0.15) is 0 Å². The van der Waals surface area contributed by atoms with Gasteiger partial charge < -0.3 is 20.4 Å². The summed E-state index contributed by atoms with van der Waals surface area (Å²) in [5.74, 6) is -1.23. The fourth-order valence-electron chi connectivity index (χ4n) is 2.44. The molecule has 27 heavy (non-hydrogen) atoms. The van der Waals surface area contributed by atoms with Crippen LogP contribution < -0.4 is 21.3 Å². The van der Waals surface area contributed by atoms with Gasteiger partial charge in [-0.05, 0) is 36.8 Å². The number of carbonyl (C=O) groups excluding carboxylic acids is 4. The lowest BCUT2D eigenvalue weighted by molar-refractivity contribution is -0.134. The number of halogens is 1. The summed E-state index contributed by atoms with van der Waals surface area (Å²) >= 11 is 6.13. The normalized spacial score (nSPS) is 16.4. The molecule has 9 nitrogen and oxygen atoms in total. The van der Waals surface area contributed by atoms with Gasteiger partial charge in [0.05, 0.1) is 17.0 Å². The quantitative estimate of drug-likeness (QED) is 0.594. The van der Waals surface area contributed by atoms with Crippen LogP contribution in [0.25, 0.3) is 0 Å². The predicted molar refractivity (Wildman–Crippen MR) is 96.4 cm³/mol. The van der Waals surface area contributed by atoms with Crippen LogP contribution in [0.5, 0.6) is 0 Å². The molecule has 140 valence electrons. The number of furan rings is 1. The summed E-state index contributed by atoms with van der Waals surface area (Å²) in [6, 6.07) is 6.20. The van der Waals surface area contributed by atoms with E-state index in [4.69, 9.17) is 16.0 Å². The highest BCUT2D eigenvalue weighted by atomic mass is 35.5. The SMILES string of the molecule is O=C1CCC(NC(=O)Nc2ccc(NC(=O)c3ccco3)c(Cl)c2)C(=O)N1. The number of amides is 5. The highest BCUT2D eigenvalue weighted by Crippen LogP contribution is 2.26. The van der Waals surface area contributed by atoms with E-state index >= 15 is 0 Å². The maximum Gasteiger partial charge on any atom is 0.319 e. The van der Waals surface area contributed by atoms with E-state index in [-0.39, 0.29) is 29.5 Å². The van der Waals surface area contributed by atoms with Crippen LogP contribution in [0.3, 0.4) is 0 Å². The van der Waals surface area contributed by atoms with E-state index in [1.807, 2.05) is 0 Å². The number of hydrogen-bond donors (Lipinski definition) is 4. The summed E-state index contributed by atoms with van der Waals surface area (Å²) in [5, 5.41) is 9.97. The zero-order chi connectivity index (χ0) is 19.4. The van der Waals surface area contributed by atoms with Crippen LogP contribution in [0.2, 0.25) is 5.02 Å². The van der Waals surface area contributed by atoms with E-state index in [9.17, 15) is 19.2 Å². The van der Waals surface area contributed by atoms with Crippen LogP contribution in [0, 0.1) is 0 Å².